The summed E-state index contributed by atoms with van der Waals surface area (Å²) in [6.45, 7) is 2.21. The Kier molecular flexibility index (Phi) is 4.29. The Hall–Kier alpha value is -1.93. The minimum Gasteiger partial charge on any atom is -0.466 e. The van der Waals surface area contributed by atoms with Crippen LogP contribution in [0.2, 0.25) is 0 Å². The molecule has 1 aliphatic rings. The van der Waals surface area contributed by atoms with Crippen molar-refractivity contribution in [3.05, 3.63) is 24.3 Å². The zero-order valence-electron chi connectivity index (χ0n) is 11.5. The van der Waals surface area contributed by atoms with Crippen LogP contribution in [0.5, 0.6) is 0 Å². The number of primary sulfonamides is 1. The van der Waals surface area contributed by atoms with Gasteiger partial charge in [0.15, 0.2) is 0 Å². The lowest BCUT2D eigenvalue weighted by Crippen LogP contribution is -2.26. The Morgan fingerprint density at radius 3 is 2.52 bits per heavy atom. The van der Waals surface area contributed by atoms with Crippen molar-refractivity contribution in [2.75, 3.05) is 18.1 Å². The average molecular weight is 312 g/mol. The van der Waals surface area contributed by atoms with Crippen molar-refractivity contribution in [1.29, 1.82) is 0 Å². The second-order valence-electron chi connectivity index (χ2n) is 4.70. The molecule has 0 spiro atoms. The minimum atomic E-state index is -3.77. The normalized spacial score (nSPS) is 18.9. The lowest BCUT2D eigenvalue weighted by molar-refractivity contribution is -0.147. The topological polar surface area (TPSA) is 107 Å². The number of anilines is 1. The first-order chi connectivity index (χ1) is 9.82. The van der Waals surface area contributed by atoms with Gasteiger partial charge in [-0.25, -0.2) is 13.6 Å². The van der Waals surface area contributed by atoms with Crippen molar-refractivity contribution in [2.45, 2.75) is 18.2 Å². The third-order valence-corrected chi connectivity index (χ3v) is 4.15. The molecule has 2 N–H and O–H groups in total. The van der Waals surface area contributed by atoms with E-state index in [2.05, 4.69) is 0 Å². The van der Waals surface area contributed by atoms with Crippen LogP contribution in [-0.4, -0.2) is 33.4 Å². The number of hydrogen-bond acceptors (Lipinski definition) is 5. The molecule has 1 atom stereocenters. The second-order valence-corrected chi connectivity index (χ2v) is 6.26. The Labute approximate surface area is 122 Å². The minimum absolute atomic E-state index is 0.0279. The summed E-state index contributed by atoms with van der Waals surface area (Å²) in [7, 11) is -3.77. The zero-order valence-corrected chi connectivity index (χ0v) is 12.3. The van der Waals surface area contributed by atoms with Crippen molar-refractivity contribution in [3.63, 3.8) is 0 Å². The fraction of sp³-hybridized carbons (Fsp3) is 0.385. The molecule has 2 rings (SSSR count). The van der Waals surface area contributed by atoms with Crippen LogP contribution in [-0.2, 0) is 24.3 Å². The molecular formula is C13H16N2O5S. The zero-order chi connectivity index (χ0) is 15.6. The fourth-order valence-corrected chi connectivity index (χ4v) is 2.71. The Balaban J connectivity index is 2.16. The first kappa shape index (κ1) is 15.5. The predicted octanol–water partition coefficient (Wildman–Crippen LogP) is 0.250. The van der Waals surface area contributed by atoms with E-state index >= 15 is 0 Å². The molecule has 1 fully saturated rings. The van der Waals surface area contributed by atoms with Gasteiger partial charge in [-0.3, -0.25) is 9.59 Å². The summed E-state index contributed by atoms with van der Waals surface area (Å²) >= 11 is 0. The molecule has 0 aliphatic carbocycles. The van der Waals surface area contributed by atoms with Gasteiger partial charge in [-0.05, 0) is 31.2 Å². The van der Waals surface area contributed by atoms with Crippen molar-refractivity contribution in [3.8, 4) is 0 Å². The van der Waals surface area contributed by atoms with E-state index in [1.807, 2.05) is 0 Å². The number of esters is 1. The molecule has 1 aliphatic heterocycles. The Bertz CT molecular complexity index is 654. The van der Waals surface area contributed by atoms with Gasteiger partial charge >= 0.3 is 5.97 Å². The number of benzene rings is 1. The quantitative estimate of drug-likeness (QED) is 0.802. The van der Waals surface area contributed by atoms with Gasteiger partial charge < -0.3 is 9.64 Å². The number of carbonyl (C=O) groups is 2. The Morgan fingerprint density at radius 2 is 2.00 bits per heavy atom. The summed E-state index contributed by atoms with van der Waals surface area (Å²) in [4.78, 5) is 25.0. The van der Waals surface area contributed by atoms with Gasteiger partial charge in [0.05, 0.1) is 17.4 Å². The number of hydrogen-bond donors (Lipinski definition) is 1. The first-order valence-electron chi connectivity index (χ1n) is 6.42. The molecule has 1 heterocycles. The van der Waals surface area contributed by atoms with E-state index in [-0.39, 0.29) is 30.4 Å². The molecule has 1 aromatic rings. The maximum absolute atomic E-state index is 12.0. The fourth-order valence-electron chi connectivity index (χ4n) is 2.19. The van der Waals surface area contributed by atoms with Crippen LogP contribution < -0.4 is 10.0 Å². The van der Waals surface area contributed by atoms with E-state index in [1.54, 1.807) is 6.92 Å². The molecule has 21 heavy (non-hydrogen) atoms. The van der Waals surface area contributed by atoms with E-state index < -0.39 is 21.9 Å². The van der Waals surface area contributed by atoms with Gasteiger partial charge in [0.2, 0.25) is 15.9 Å². The molecule has 0 unspecified atom stereocenters. The molecule has 0 saturated carbocycles. The summed E-state index contributed by atoms with van der Waals surface area (Å²) in [5.74, 6) is -1.08. The number of ether oxygens (including phenoxy) is 1. The third kappa shape index (κ3) is 3.40. The number of sulfonamides is 1. The standard InChI is InChI=1S/C13H16N2O5S/c1-2-20-13(17)9-7-12(16)15(8-9)10-3-5-11(6-4-10)21(14,18)19/h3-6,9H,2,7-8H2,1H3,(H2,14,18,19)/t9-/m1/s1. The molecule has 8 heteroatoms. The third-order valence-electron chi connectivity index (χ3n) is 3.22. The highest BCUT2D eigenvalue weighted by Gasteiger charge is 2.36. The molecule has 114 valence electrons. The van der Waals surface area contributed by atoms with Crippen LogP contribution in [0.25, 0.3) is 0 Å². The predicted molar refractivity (Wildman–Crippen MR) is 74.9 cm³/mol. The number of nitrogens with zero attached hydrogens (tertiary/aromatic N) is 1. The lowest BCUT2D eigenvalue weighted by Gasteiger charge is -2.16. The largest absolute Gasteiger partial charge is 0.466 e. The van der Waals surface area contributed by atoms with Gasteiger partial charge in [0.1, 0.15) is 0 Å². The molecule has 1 amide bonds. The SMILES string of the molecule is CCOC(=O)[C@@H]1CC(=O)N(c2ccc(S(N)(=O)=O)cc2)C1. The van der Waals surface area contributed by atoms with Gasteiger partial charge in [-0.15, -0.1) is 0 Å². The van der Waals surface area contributed by atoms with Crippen LogP contribution in [0.4, 0.5) is 5.69 Å². The van der Waals surface area contributed by atoms with Crippen molar-refractivity contribution in [2.24, 2.45) is 11.1 Å². The molecule has 0 bridgehead atoms. The first-order valence-corrected chi connectivity index (χ1v) is 7.97. The molecular weight excluding hydrogens is 296 g/mol. The van der Waals surface area contributed by atoms with Crippen LogP contribution in [0.15, 0.2) is 29.2 Å². The summed E-state index contributed by atoms with van der Waals surface area (Å²) in [5, 5.41) is 5.01. The highest BCUT2D eigenvalue weighted by atomic mass is 32.2. The molecule has 1 aromatic carbocycles. The van der Waals surface area contributed by atoms with E-state index in [4.69, 9.17) is 9.88 Å². The van der Waals surface area contributed by atoms with Gasteiger partial charge in [0, 0.05) is 18.7 Å². The number of rotatable bonds is 4. The van der Waals surface area contributed by atoms with Crippen LogP contribution in [0.1, 0.15) is 13.3 Å². The summed E-state index contributed by atoms with van der Waals surface area (Å²) < 4.78 is 27.3. The lowest BCUT2D eigenvalue weighted by atomic mass is 10.1. The number of amides is 1. The van der Waals surface area contributed by atoms with Crippen molar-refractivity contribution < 1.29 is 22.7 Å². The van der Waals surface area contributed by atoms with Crippen LogP contribution >= 0.6 is 0 Å². The molecule has 0 aromatic heterocycles. The van der Waals surface area contributed by atoms with Crippen molar-refractivity contribution >= 4 is 27.6 Å². The highest BCUT2D eigenvalue weighted by molar-refractivity contribution is 7.89. The van der Waals surface area contributed by atoms with E-state index in [0.29, 0.717) is 5.69 Å². The molecule has 1 saturated heterocycles. The van der Waals surface area contributed by atoms with Crippen LogP contribution in [0.3, 0.4) is 0 Å². The second kappa shape index (κ2) is 5.82. The van der Waals surface area contributed by atoms with Gasteiger partial charge in [-0.2, -0.15) is 0 Å². The maximum atomic E-state index is 12.0. The monoisotopic (exact) mass is 312 g/mol. The van der Waals surface area contributed by atoms with Gasteiger partial charge in [-0.1, -0.05) is 0 Å². The smallest absolute Gasteiger partial charge is 0.311 e. The van der Waals surface area contributed by atoms with Crippen molar-refractivity contribution in [1.82, 2.24) is 0 Å². The summed E-state index contributed by atoms with van der Waals surface area (Å²) in [5.41, 5.74) is 0.527. The molecule has 7 nitrogen and oxygen atoms in total. The number of nitrogens with two attached hydrogens (primary N) is 1. The van der Waals surface area contributed by atoms with Gasteiger partial charge in [0.25, 0.3) is 0 Å². The summed E-state index contributed by atoms with van der Waals surface area (Å²) in [6.07, 6.45) is 0.0930. The Morgan fingerprint density at radius 1 is 1.38 bits per heavy atom. The summed E-state index contributed by atoms with van der Waals surface area (Å²) in [6, 6.07) is 5.64. The van der Waals surface area contributed by atoms with E-state index in [0.717, 1.165) is 0 Å². The maximum Gasteiger partial charge on any atom is 0.311 e. The van der Waals surface area contributed by atoms with E-state index in [9.17, 15) is 18.0 Å². The number of carbonyl (C=O) groups excluding carboxylic acids is 2. The average Bonchev–Trinajstić information content (AvgIpc) is 2.80. The molecule has 0 radical (unpaired) electrons. The highest BCUT2D eigenvalue weighted by Crippen LogP contribution is 2.26. The van der Waals surface area contributed by atoms with Crippen LogP contribution in [0, 0.1) is 5.92 Å². The van der Waals surface area contributed by atoms with E-state index in [1.165, 1.54) is 29.2 Å².